The predicted octanol–water partition coefficient (Wildman–Crippen LogP) is -1.62. The number of quaternary nitrogens is 1. The number of benzene rings is 1. The van der Waals surface area contributed by atoms with E-state index in [0.29, 0.717) is 6.04 Å². The van der Waals surface area contributed by atoms with Crippen LogP contribution in [0, 0.1) is 0 Å². The monoisotopic (exact) mass is 247 g/mol. The van der Waals surface area contributed by atoms with Crippen LogP contribution in [-0.2, 0) is 6.42 Å². The Morgan fingerprint density at radius 3 is 2.40 bits per heavy atom. The molecule has 15 heavy (non-hydrogen) atoms. The molecular formula is C12H19Cl2N. The lowest BCUT2D eigenvalue weighted by Crippen LogP contribution is -3.13. The second kappa shape index (κ2) is 7.98. The lowest BCUT2D eigenvalue weighted by molar-refractivity contribution is -0.901. The molecule has 0 saturated heterocycles. The van der Waals surface area contributed by atoms with E-state index in [9.17, 15) is 0 Å². The highest BCUT2D eigenvalue weighted by atomic mass is 35.5. The van der Waals surface area contributed by atoms with Crippen LogP contribution in [0.15, 0.2) is 30.3 Å². The second-order valence-electron chi connectivity index (χ2n) is 3.88. The third kappa shape index (κ3) is 5.41. The van der Waals surface area contributed by atoms with Crippen molar-refractivity contribution in [1.29, 1.82) is 0 Å². The molecule has 0 aliphatic carbocycles. The highest BCUT2D eigenvalue weighted by molar-refractivity contribution is 6.17. The molecule has 0 bridgehead atoms. The summed E-state index contributed by atoms with van der Waals surface area (Å²) in [4.78, 5) is 1.50. The van der Waals surface area contributed by atoms with Gasteiger partial charge in [0.25, 0.3) is 0 Å². The molecule has 1 rings (SSSR count). The maximum absolute atomic E-state index is 5.72. The smallest absolute Gasteiger partial charge is 0.0908 e. The Morgan fingerprint density at radius 1 is 1.27 bits per heavy atom. The lowest BCUT2D eigenvalue weighted by Gasteiger charge is -2.20. The van der Waals surface area contributed by atoms with E-state index in [2.05, 4.69) is 44.3 Å². The first kappa shape index (κ1) is 14.8. The zero-order valence-corrected chi connectivity index (χ0v) is 10.9. The van der Waals surface area contributed by atoms with Crippen LogP contribution >= 0.6 is 11.6 Å². The Kier molecular flexibility index (Phi) is 7.85. The van der Waals surface area contributed by atoms with Gasteiger partial charge in [-0.3, -0.25) is 0 Å². The summed E-state index contributed by atoms with van der Waals surface area (Å²) in [7, 11) is 2.20. The molecule has 3 heteroatoms. The SMILES string of the molecule is CC(Cc1ccccc1)[NH+](C)CCCl.[Cl-]. The van der Waals surface area contributed by atoms with Crippen molar-refractivity contribution in [2.75, 3.05) is 19.5 Å². The van der Waals surface area contributed by atoms with Crippen LogP contribution in [-0.4, -0.2) is 25.5 Å². The average Bonchev–Trinajstić information content (AvgIpc) is 2.19. The zero-order valence-electron chi connectivity index (χ0n) is 9.34. The minimum Gasteiger partial charge on any atom is -1.00 e. The van der Waals surface area contributed by atoms with Gasteiger partial charge >= 0.3 is 0 Å². The Hall–Kier alpha value is -0.240. The summed E-state index contributed by atoms with van der Waals surface area (Å²) in [6.45, 7) is 3.31. The van der Waals surface area contributed by atoms with Crippen LogP contribution in [0.3, 0.4) is 0 Å². The number of rotatable bonds is 5. The fourth-order valence-electron chi connectivity index (χ4n) is 1.54. The van der Waals surface area contributed by atoms with Crippen molar-refractivity contribution >= 4 is 11.6 Å². The minimum absolute atomic E-state index is 0. The molecule has 2 unspecified atom stereocenters. The van der Waals surface area contributed by atoms with Crippen molar-refractivity contribution in [3.63, 3.8) is 0 Å². The van der Waals surface area contributed by atoms with Crippen molar-refractivity contribution in [2.24, 2.45) is 0 Å². The Labute approximate surface area is 104 Å². The fourth-order valence-corrected chi connectivity index (χ4v) is 1.84. The maximum atomic E-state index is 5.72. The first-order chi connectivity index (χ1) is 6.74. The molecule has 0 saturated carbocycles. The van der Waals surface area contributed by atoms with Gasteiger partial charge < -0.3 is 17.3 Å². The quantitative estimate of drug-likeness (QED) is 0.597. The summed E-state index contributed by atoms with van der Waals surface area (Å²) in [6.07, 6.45) is 1.13. The van der Waals surface area contributed by atoms with Crippen molar-refractivity contribution < 1.29 is 17.3 Å². The summed E-state index contributed by atoms with van der Waals surface area (Å²) in [5.74, 6) is 0.741. The van der Waals surface area contributed by atoms with Gasteiger partial charge in [-0.15, -0.1) is 11.6 Å². The summed E-state index contributed by atoms with van der Waals surface area (Å²) in [5, 5.41) is 0. The van der Waals surface area contributed by atoms with Crippen molar-refractivity contribution in [2.45, 2.75) is 19.4 Å². The normalized spacial score (nSPS) is 14.1. The van der Waals surface area contributed by atoms with Crippen LogP contribution in [0.25, 0.3) is 0 Å². The van der Waals surface area contributed by atoms with E-state index in [1.165, 1.54) is 10.5 Å². The van der Waals surface area contributed by atoms with E-state index in [-0.39, 0.29) is 12.4 Å². The first-order valence-electron chi connectivity index (χ1n) is 5.16. The van der Waals surface area contributed by atoms with Gasteiger partial charge in [0, 0.05) is 6.42 Å². The van der Waals surface area contributed by atoms with Gasteiger partial charge in [-0.1, -0.05) is 30.3 Å². The number of nitrogens with one attached hydrogen (secondary N) is 1. The summed E-state index contributed by atoms with van der Waals surface area (Å²) in [6, 6.07) is 11.3. The number of hydrogen-bond donors (Lipinski definition) is 1. The van der Waals surface area contributed by atoms with E-state index in [4.69, 9.17) is 11.6 Å². The molecule has 2 atom stereocenters. The molecule has 1 N–H and O–H groups in total. The van der Waals surface area contributed by atoms with E-state index >= 15 is 0 Å². The Balaban J connectivity index is 0.00000196. The van der Waals surface area contributed by atoms with E-state index in [1.807, 2.05) is 0 Å². The third-order valence-electron chi connectivity index (χ3n) is 2.71. The van der Waals surface area contributed by atoms with Crippen molar-refractivity contribution in [3.8, 4) is 0 Å². The van der Waals surface area contributed by atoms with Gasteiger partial charge in [0.15, 0.2) is 0 Å². The molecule has 0 fully saturated rings. The van der Waals surface area contributed by atoms with Gasteiger partial charge in [0.2, 0.25) is 0 Å². The van der Waals surface area contributed by atoms with E-state index in [1.54, 1.807) is 0 Å². The molecule has 0 radical (unpaired) electrons. The van der Waals surface area contributed by atoms with Crippen LogP contribution < -0.4 is 17.3 Å². The van der Waals surface area contributed by atoms with Crippen LogP contribution in [0.1, 0.15) is 12.5 Å². The molecule has 0 aromatic heterocycles. The van der Waals surface area contributed by atoms with Gasteiger partial charge in [-0.05, 0) is 12.5 Å². The number of halogens is 2. The molecular weight excluding hydrogens is 229 g/mol. The highest BCUT2D eigenvalue weighted by Crippen LogP contribution is 2.00. The van der Waals surface area contributed by atoms with Gasteiger partial charge in [-0.25, -0.2) is 0 Å². The molecule has 86 valence electrons. The first-order valence-corrected chi connectivity index (χ1v) is 5.69. The molecule has 0 heterocycles. The maximum Gasteiger partial charge on any atom is 0.0908 e. The fraction of sp³-hybridized carbons (Fsp3) is 0.500. The molecule has 1 nitrogen and oxygen atoms in total. The van der Waals surface area contributed by atoms with Crippen molar-refractivity contribution in [1.82, 2.24) is 0 Å². The van der Waals surface area contributed by atoms with Crippen LogP contribution in [0.2, 0.25) is 0 Å². The molecule has 0 spiro atoms. The predicted molar refractivity (Wildman–Crippen MR) is 62.1 cm³/mol. The second-order valence-corrected chi connectivity index (χ2v) is 4.25. The van der Waals surface area contributed by atoms with Gasteiger partial charge in [0.1, 0.15) is 0 Å². The third-order valence-corrected chi connectivity index (χ3v) is 2.90. The summed E-state index contributed by atoms with van der Waals surface area (Å²) >= 11 is 5.72. The summed E-state index contributed by atoms with van der Waals surface area (Å²) < 4.78 is 0. The standard InChI is InChI=1S/C12H18ClN.ClH/c1-11(14(2)9-8-13)10-12-6-4-3-5-7-12;/h3-7,11H,8-10H2,1-2H3;1H. The van der Waals surface area contributed by atoms with Gasteiger partial charge in [0.05, 0.1) is 25.5 Å². The van der Waals surface area contributed by atoms with Gasteiger partial charge in [-0.2, -0.15) is 0 Å². The molecule has 0 aliphatic rings. The highest BCUT2D eigenvalue weighted by Gasteiger charge is 2.11. The van der Waals surface area contributed by atoms with Crippen LogP contribution in [0.5, 0.6) is 0 Å². The largest absolute Gasteiger partial charge is 1.00 e. The molecule has 1 aromatic carbocycles. The van der Waals surface area contributed by atoms with Crippen molar-refractivity contribution in [3.05, 3.63) is 35.9 Å². The van der Waals surface area contributed by atoms with E-state index in [0.717, 1.165) is 18.8 Å². The van der Waals surface area contributed by atoms with Crippen LogP contribution in [0.4, 0.5) is 0 Å². The Bertz CT molecular complexity index is 251. The summed E-state index contributed by atoms with van der Waals surface area (Å²) in [5.41, 5.74) is 1.41. The molecule has 0 aliphatic heterocycles. The number of hydrogen-bond acceptors (Lipinski definition) is 0. The van der Waals surface area contributed by atoms with E-state index < -0.39 is 0 Å². The number of likely N-dealkylation sites (N-methyl/N-ethyl adjacent to an activating group) is 1. The average molecular weight is 248 g/mol. The topological polar surface area (TPSA) is 4.44 Å². The number of alkyl halides is 1. The zero-order chi connectivity index (χ0) is 10.4. The minimum atomic E-state index is 0. The molecule has 1 aromatic rings. The molecule has 0 amide bonds. The lowest BCUT2D eigenvalue weighted by atomic mass is 10.1. The Morgan fingerprint density at radius 2 is 1.87 bits per heavy atom.